The monoisotopic (exact) mass is 369 g/mol. The van der Waals surface area contributed by atoms with Gasteiger partial charge in [0.1, 0.15) is 0 Å². The second-order valence-electron chi connectivity index (χ2n) is 7.66. The van der Waals surface area contributed by atoms with E-state index in [1.54, 1.807) is 0 Å². The van der Waals surface area contributed by atoms with Gasteiger partial charge in [0, 0.05) is 13.1 Å². The molecule has 0 spiro atoms. The summed E-state index contributed by atoms with van der Waals surface area (Å²) in [6.45, 7) is 11.0. The first kappa shape index (κ1) is 21.4. The summed E-state index contributed by atoms with van der Waals surface area (Å²) in [6.07, 6.45) is 1.09. The highest BCUT2D eigenvalue weighted by Crippen LogP contribution is 2.26. The van der Waals surface area contributed by atoms with Crippen LogP contribution < -0.4 is 15.4 Å². The fraction of sp³-hybridized carbons (Fsp3) is 0.611. The number of benzene rings is 1. The van der Waals surface area contributed by atoms with Crippen LogP contribution in [0.4, 0.5) is 4.79 Å². The van der Waals surface area contributed by atoms with Crippen LogP contribution in [0.3, 0.4) is 0 Å². The average molecular weight is 370 g/mol. The summed E-state index contributed by atoms with van der Waals surface area (Å²) in [5, 5.41) is 5.63. The Labute approximate surface area is 151 Å². The molecule has 7 heteroatoms. The van der Waals surface area contributed by atoms with E-state index in [-0.39, 0.29) is 36.5 Å². The zero-order valence-corrected chi connectivity index (χ0v) is 16.8. The molecule has 0 aliphatic rings. The van der Waals surface area contributed by atoms with Crippen molar-refractivity contribution >= 4 is 16.1 Å². The SMILES string of the molecule is CC(C)C(NC(=O)NCCNS(C)(=O)=O)c1ccc(C(C)(C)C)cc1. The number of hydrogen-bond acceptors (Lipinski definition) is 3. The van der Waals surface area contributed by atoms with Crippen LogP contribution in [0, 0.1) is 5.92 Å². The summed E-state index contributed by atoms with van der Waals surface area (Å²) in [7, 11) is -3.24. The smallest absolute Gasteiger partial charge is 0.315 e. The quantitative estimate of drug-likeness (QED) is 0.646. The minimum atomic E-state index is -3.24. The first-order chi connectivity index (χ1) is 11.4. The van der Waals surface area contributed by atoms with Gasteiger partial charge in [-0.05, 0) is 22.5 Å². The summed E-state index contributed by atoms with van der Waals surface area (Å²) in [5.41, 5.74) is 2.38. The molecule has 25 heavy (non-hydrogen) atoms. The number of nitrogens with one attached hydrogen (secondary N) is 3. The standard InChI is InChI=1S/C18H31N3O3S/c1-13(2)16(14-7-9-15(10-8-14)18(3,4)5)21-17(22)19-11-12-20-25(6,23)24/h7-10,13,16,20H,11-12H2,1-6H3,(H2,19,21,22). The third-order valence-electron chi connectivity index (χ3n) is 3.86. The van der Waals surface area contributed by atoms with Crippen LogP contribution in [-0.4, -0.2) is 33.8 Å². The second kappa shape index (κ2) is 8.67. The maximum Gasteiger partial charge on any atom is 0.315 e. The first-order valence-electron chi connectivity index (χ1n) is 8.49. The minimum Gasteiger partial charge on any atom is -0.337 e. The Bertz CT molecular complexity index is 662. The Morgan fingerprint density at radius 1 is 1.08 bits per heavy atom. The molecule has 1 atom stereocenters. The number of urea groups is 1. The van der Waals surface area contributed by atoms with E-state index in [1.807, 2.05) is 13.8 Å². The van der Waals surface area contributed by atoms with Crippen molar-refractivity contribution in [2.45, 2.75) is 46.1 Å². The van der Waals surface area contributed by atoms with Crippen LogP contribution in [0.1, 0.15) is 51.8 Å². The number of hydrogen-bond donors (Lipinski definition) is 3. The van der Waals surface area contributed by atoms with Crippen molar-refractivity contribution < 1.29 is 13.2 Å². The maximum absolute atomic E-state index is 12.1. The first-order valence-corrected chi connectivity index (χ1v) is 10.4. The van der Waals surface area contributed by atoms with Crippen molar-refractivity contribution in [1.29, 1.82) is 0 Å². The van der Waals surface area contributed by atoms with Gasteiger partial charge in [0.25, 0.3) is 0 Å². The Morgan fingerprint density at radius 3 is 2.08 bits per heavy atom. The molecule has 2 amide bonds. The van der Waals surface area contributed by atoms with Gasteiger partial charge < -0.3 is 10.6 Å². The molecule has 0 aliphatic heterocycles. The molecular weight excluding hydrogens is 338 g/mol. The highest BCUT2D eigenvalue weighted by molar-refractivity contribution is 7.88. The topological polar surface area (TPSA) is 87.3 Å². The highest BCUT2D eigenvalue weighted by Gasteiger charge is 2.20. The van der Waals surface area contributed by atoms with Gasteiger partial charge in [-0.2, -0.15) is 0 Å². The van der Waals surface area contributed by atoms with Gasteiger partial charge >= 0.3 is 6.03 Å². The third-order valence-corrected chi connectivity index (χ3v) is 4.59. The summed E-state index contributed by atoms with van der Waals surface area (Å²) in [5.74, 6) is 0.223. The molecule has 142 valence electrons. The van der Waals surface area contributed by atoms with Gasteiger partial charge in [-0.15, -0.1) is 0 Å². The molecule has 1 rings (SSSR count). The van der Waals surface area contributed by atoms with E-state index in [0.29, 0.717) is 0 Å². The molecule has 0 heterocycles. The Balaban J connectivity index is 2.66. The van der Waals surface area contributed by atoms with E-state index in [4.69, 9.17) is 0 Å². The zero-order valence-electron chi connectivity index (χ0n) is 16.0. The Hall–Kier alpha value is -1.60. The molecule has 0 bridgehead atoms. The van der Waals surface area contributed by atoms with Gasteiger partial charge in [-0.1, -0.05) is 58.9 Å². The van der Waals surface area contributed by atoms with Crippen LogP contribution in [0.25, 0.3) is 0 Å². The van der Waals surface area contributed by atoms with E-state index in [2.05, 4.69) is 60.4 Å². The Morgan fingerprint density at radius 2 is 1.64 bits per heavy atom. The van der Waals surface area contributed by atoms with E-state index in [0.717, 1.165) is 11.8 Å². The Kier molecular flexibility index (Phi) is 7.44. The lowest BCUT2D eigenvalue weighted by molar-refractivity contribution is 0.233. The molecule has 0 fully saturated rings. The van der Waals surface area contributed by atoms with Crippen LogP contribution in [-0.2, 0) is 15.4 Å². The lowest BCUT2D eigenvalue weighted by Crippen LogP contribution is -2.42. The molecule has 1 aromatic carbocycles. The van der Waals surface area contributed by atoms with Crippen molar-refractivity contribution in [1.82, 2.24) is 15.4 Å². The van der Waals surface area contributed by atoms with Crippen molar-refractivity contribution in [3.05, 3.63) is 35.4 Å². The molecule has 1 aromatic rings. The molecule has 0 radical (unpaired) electrons. The van der Waals surface area contributed by atoms with Crippen molar-refractivity contribution in [2.24, 2.45) is 5.92 Å². The highest BCUT2D eigenvalue weighted by atomic mass is 32.2. The number of amides is 2. The van der Waals surface area contributed by atoms with Gasteiger partial charge in [0.05, 0.1) is 12.3 Å². The van der Waals surface area contributed by atoms with Gasteiger partial charge in [0.15, 0.2) is 0 Å². The number of rotatable bonds is 7. The zero-order chi connectivity index (χ0) is 19.3. The minimum absolute atomic E-state index is 0.0866. The summed E-state index contributed by atoms with van der Waals surface area (Å²) in [4.78, 5) is 12.1. The fourth-order valence-electron chi connectivity index (χ4n) is 2.43. The van der Waals surface area contributed by atoms with E-state index >= 15 is 0 Å². The molecule has 0 aliphatic carbocycles. The summed E-state index contributed by atoms with van der Waals surface area (Å²) < 4.78 is 24.3. The van der Waals surface area contributed by atoms with Crippen LogP contribution in [0.15, 0.2) is 24.3 Å². The molecule has 1 unspecified atom stereocenters. The van der Waals surface area contributed by atoms with E-state index < -0.39 is 10.0 Å². The van der Waals surface area contributed by atoms with Crippen LogP contribution in [0.2, 0.25) is 0 Å². The van der Waals surface area contributed by atoms with Crippen LogP contribution >= 0.6 is 0 Å². The summed E-state index contributed by atoms with van der Waals surface area (Å²) >= 11 is 0. The third kappa shape index (κ3) is 7.88. The molecular formula is C18H31N3O3S. The summed E-state index contributed by atoms with van der Waals surface area (Å²) in [6, 6.07) is 7.87. The lowest BCUT2D eigenvalue weighted by atomic mass is 9.85. The van der Waals surface area contributed by atoms with E-state index in [1.165, 1.54) is 5.56 Å². The number of sulfonamides is 1. The fourth-order valence-corrected chi connectivity index (χ4v) is 2.90. The average Bonchev–Trinajstić information content (AvgIpc) is 2.47. The molecule has 0 saturated carbocycles. The van der Waals surface area contributed by atoms with Crippen molar-refractivity contribution in [2.75, 3.05) is 19.3 Å². The van der Waals surface area contributed by atoms with E-state index in [9.17, 15) is 13.2 Å². The van der Waals surface area contributed by atoms with Gasteiger partial charge in [0.2, 0.25) is 10.0 Å². The molecule has 0 saturated heterocycles. The maximum atomic E-state index is 12.1. The number of carbonyl (C=O) groups excluding carboxylic acids is 1. The lowest BCUT2D eigenvalue weighted by Gasteiger charge is -2.25. The number of carbonyl (C=O) groups is 1. The van der Waals surface area contributed by atoms with Crippen molar-refractivity contribution in [3.8, 4) is 0 Å². The van der Waals surface area contributed by atoms with Crippen LogP contribution in [0.5, 0.6) is 0 Å². The van der Waals surface area contributed by atoms with Crippen molar-refractivity contribution in [3.63, 3.8) is 0 Å². The van der Waals surface area contributed by atoms with Gasteiger partial charge in [-0.3, -0.25) is 0 Å². The second-order valence-corrected chi connectivity index (χ2v) is 9.49. The predicted octanol–water partition coefficient (Wildman–Crippen LogP) is 2.53. The molecule has 0 aromatic heterocycles. The molecule has 3 N–H and O–H groups in total. The van der Waals surface area contributed by atoms with Gasteiger partial charge in [-0.25, -0.2) is 17.9 Å². The molecule has 6 nitrogen and oxygen atoms in total. The predicted molar refractivity (Wildman–Crippen MR) is 102 cm³/mol. The normalized spacial score (nSPS) is 13.6. The largest absolute Gasteiger partial charge is 0.337 e.